The molecule has 0 rings (SSSR count). The molecule has 0 aliphatic heterocycles. The third kappa shape index (κ3) is 3.96. The molecule has 0 aromatic carbocycles. The molecule has 7 heteroatoms. The number of carbonyl (C=O) groups is 1. The van der Waals surface area contributed by atoms with E-state index in [9.17, 15) is 18.0 Å². The summed E-state index contributed by atoms with van der Waals surface area (Å²) in [5.41, 5.74) is 4.41. The molecule has 60 valence electrons. The molecule has 4 nitrogen and oxygen atoms in total. The van der Waals surface area contributed by atoms with E-state index >= 15 is 0 Å². The van der Waals surface area contributed by atoms with E-state index in [0.717, 1.165) is 0 Å². The minimum Gasteiger partial charge on any atom is -0.350 e. The third-order valence-electron chi connectivity index (χ3n) is 0.633. The summed E-state index contributed by atoms with van der Waals surface area (Å²) in [5, 5.41) is -0.111. The van der Waals surface area contributed by atoms with Crippen LogP contribution in [0.3, 0.4) is 0 Å². The van der Waals surface area contributed by atoms with Gasteiger partial charge in [0.15, 0.2) is 0 Å². The number of hydrazine groups is 1. The lowest BCUT2D eigenvalue weighted by Crippen LogP contribution is -2.46. The lowest BCUT2D eigenvalue weighted by molar-refractivity contribution is -0.140. The van der Waals surface area contributed by atoms with Gasteiger partial charge in [0, 0.05) is 0 Å². The second-order valence-electron chi connectivity index (χ2n) is 1.58. The highest BCUT2D eigenvalue weighted by molar-refractivity contribution is 5.71. The zero-order valence-corrected chi connectivity index (χ0v) is 4.85. The van der Waals surface area contributed by atoms with Crippen molar-refractivity contribution in [2.24, 2.45) is 11.6 Å². The van der Waals surface area contributed by atoms with Crippen molar-refractivity contribution in [3.8, 4) is 0 Å². The van der Waals surface area contributed by atoms with Crippen LogP contribution >= 0.6 is 0 Å². The van der Waals surface area contributed by atoms with Crippen LogP contribution < -0.4 is 11.6 Å². The molecule has 0 atom stereocenters. The number of hydrogen-bond donors (Lipinski definition) is 2. The highest BCUT2D eigenvalue weighted by Crippen LogP contribution is 2.14. The van der Waals surface area contributed by atoms with E-state index in [0.29, 0.717) is 0 Å². The van der Waals surface area contributed by atoms with Gasteiger partial charge in [0.05, 0.1) is 0 Å². The van der Waals surface area contributed by atoms with Crippen LogP contribution in [0, 0.1) is 0 Å². The summed E-state index contributed by atoms with van der Waals surface area (Å²) in [7, 11) is 0. The van der Waals surface area contributed by atoms with Gasteiger partial charge in [0.25, 0.3) is 0 Å². The number of primary amides is 1. The van der Waals surface area contributed by atoms with Crippen molar-refractivity contribution in [1.82, 2.24) is 5.01 Å². The first-order valence-corrected chi connectivity index (χ1v) is 2.21. The van der Waals surface area contributed by atoms with Crippen LogP contribution in [-0.2, 0) is 0 Å². The van der Waals surface area contributed by atoms with E-state index in [1.807, 2.05) is 0 Å². The maximum atomic E-state index is 11.3. The van der Waals surface area contributed by atoms with E-state index < -0.39 is 18.8 Å². The summed E-state index contributed by atoms with van der Waals surface area (Å²) in [6.07, 6.45) is -4.50. The second-order valence-corrected chi connectivity index (χ2v) is 1.58. The smallest absolute Gasteiger partial charge is 0.350 e. The van der Waals surface area contributed by atoms with Gasteiger partial charge in [-0.25, -0.2) is 10.6 Å². The van der Waals surface area contributed by atoms with Crippen LogP contribution in [0.25, 0.3) is 0 Å². The van der Waals surface area contributed by atoms with Gasteiger partial charge >= 0.3 is 12.2 Å². The highest BCUT2D eigenvalue weighted by Gasteiger charge is 2.30. The molecule has 0 aliphatic carbocycles. The fourth-order valence-electron chi connectivity index (χ4n) is 0.271. The number of nitrogens with zero attached hydrogens (tertiary/aromatic N) is 1. The van der Waals surface area contributed by atoms with E-state index in [1.165, 1.54) is 0 Å². The van der Waals surface area contributed by atoms with Gasteiger partial charge in [-0.15, -0.1) is 0 Å². The number of rotatable bonds is 1. The first-order valence-electron chi connectivity index (χ1n) is 2.21. The zero-order valence-electron chi connectivity index (χ0n) is 4.85. The minimum absolute atomic E-state index is 0.111. The number of halogens is 3. The lowest BCUT2D eigenvalue weighted by atomic mass is 10.6. The molecular formula is C3H6F3N3O. The van der Waals surface area contributed by atoms with Crippen molar-refractivity contribution in [2.75, 3.05) is 6.54 Å². The van der Waals surface area contributed by atoms with Gasteiger partial charge in [0.1, 0.15) is 6.54 Å². The number of carbonyl (C=O) groups excluding carboxylic acids is 1. The Hall–Kier alpha value is -0.980. The monoisotopic (exact) mass is 157 g/mol. The Labute approximate surface area is 54.5 Å². The van der Waals surface area contributed by atoms with Gasteiger partial charge in [0.2, 0.25) is 0 Å². The van der Waals surface area contributed by atoms with Crippen LogP contribution in [0.1, 0.15) is 0 Å². The number of alkyl halides is 3. The van der Waals surface area contributed by atoms with E-state index in [-0.39, 0.29) is 5.01 Å². The molecule has 0 heterocycles. The minimum atomic E-state index is -4.50. The summed E-state index contributed by atoms with van der Waals surface area (Å²) in [4.78, 5) is 9.90. The largest absolute Gasteiger partial charge is 0.407 e. The molecule has 4 N–H and O–H groups in total. The van der Waals surface area contributed by atoms with Crippen molar-refractivity contribution in [3.63, 3.8) is 0 Å². The Kier molecular flexibility index (Phi) is 2.47. The molecule has 0 spiro atoms. The summed E-state index contributed by atoms with van der Waals surface area (Å²) in [6, 6.07) is -1.31. The average molecular weight is 157 g/mol. The molecule has 0 bridgehead atoms. The Morgan fingerprint density at radius 2 is 1.90 bits per heavy atom. The first kappa shape index (κ1) is 9.02. The van der Waals surface area contributed by atoms with Crippen LogP contribution in [0.4, 0.5) is 18.0 Å². The van der Waals surface area contributed by atoms with Crippen LogP contribution in [-0.4, -0.2) is 23.8 Å². The maximum absolute atomic E-state index is 11.3. The van der Waals surface area contributed by atoms with Crippen LogP contribution in [0.2, 0.25) is 0 Å². The molecule has 0 fully saturated rings. The van der Waals surface area contributed by atoms with Crippen molar-refractivity contribution in [2.45, 2.75) is 6.18 Å². The predicted molar refractivity (Wildman–Crippen MR) is 26.5 cm³/mol. The van der Waals surface area contributed by atoms with Gasteiger partial charge < -0.3 is 5.73 Å². The molecule has 0 radical (unpaired) electrons. The molecule has 10 heavy (non-hydrogen) atoms. The maximum Gasteiger partial charge on any atom is 0.407 e. The number of nitrogens with two attached hydrogens (primary N) is 2. The quantitative estimate of drug-likeness (QED) is 0.314. The van der Waals surface area contributed by atoms with E-state index in [2.05, 4.69) is 11.6 Å². The SMILES string of the molecule is NC(=O)N(N)CC(F)(F)F. The lowest BCUT2D eigenvalue weighted by Gasteiger charge is -2.14. The number of amides is 2. The fourth-order valence-corrected chi connectivity index (χ4v) is 0.271. The molecule has 0 unspecified atom stereocenters. The molecular weight excluding hydrogens is 151 g/mol. The second kappa shape index (κ2) is 2.74. The normalized spacial score (nSPS) is 11.2. The topological polar surface area (TPSA) is 72.4 Å². The van der Waals surface area contributed by atoms with Gasteiger partial charge in [-0.2, -0.15) is 13.2 Å². The Bertz CT molecular complexity index is 133. The van der Waals surface area contributed by atoms with E-state index in [1.54, 1.807) is 0 Å². The molecule has 0 saturated heterocycles. The molecule has 0 aromatic rings. The van der Waals surface area contributed by atoms with Crippen molar-refractivity contribution < 1.29 is 18.0 Å². The van der Waals surface area contributed by atoms with Crippen molar-refractivity contribution in [3.05, 3.63) is 0 Å². The zero-order chi connectivity index (χ0) is 8.36. The van der Waals surface area contributed by atoms with Gasteiger partial charge in [-0.1, -0.05) is 0 Å². The van der Waals surface area contributed by atoms with Gasteiger partial charge in [-0.05, 0) is 0 Å². The standard InChI is InChI=1S/C3H6F3N3O/c4-3(5,6)1-9(8)2(7)10/h1,8H2,(H2,7,10). The Morgan fingerprint density at radius 1 is 1.50 bits per heavy atom. The van der Waals surface area contributed by atoms with Crippen LogP contribution in [0.15, 0.2) is 0 Å². The fraction of sp³-hybridized carbons (Fsp3) is 0.667. The van der Waals surface area contributed by atoms with E-state index in [4.69, 9.17) is 0 Å². The summed E-state index contributed by atoms with van der Waals surface area (Å²) < 4.78 is 34.0. The number of hydrogen-bond acceptors (Lipinski definition) is 2. The average Bonchev–Trinajstić information content (AvgIpc) is 1.60. The molecule has 0 aromatic heterocycles. The third-order valence-corrected chi connectivity index (χ3v) is 0.633. The molecule has 0 aliphatic rings. The van der Waals surface area contributed by atoms with Gasteiger partial charge in [-0.3, -0.25) is 5.01 Å². The predicted octanol–water partition coefficient (Wildman–Crippen LogP) is -0.197. The summed E-state index contributed by atoms with van der Waals surface area (Å²) >= 11 is 0. The summed E-state index contributed by atoms with van der Waals surface area (Å²) in [6.45, 7) is -1.53. The number of urea groups is 1. The van der Waals surface area contributed by atoms with Crippen molar-refractivity contribution in [1.29, 1.82) is 0 Å². The van der Waals surface area contributed by atoms with Crippen LogP contribution in [0.5, 0.6) is 0 Å². The first-order chi connectivity index (χ1) is 4.33. The Balaban J connectivity index is 3.80. The summed E-state index contributed by atoms with van der Waals surface area (Å²) in [5.74, 6) is 4.54. The molecule has 0 saturated carbocycles. The highest BCUT2D eigenvalue weighted by atomic mass is 19.4. The Morgan fingerprint density at radius 3 is 2.00 bits per heavy atom. The van der Waals surface area contributed by atoms with Crippen molar-refractivity contribution >= 4 is 6.03 Å². The molecule has 2 amide bonds.